The number of hydrogen-bond donors (Lipinski definition) is 1. The number of hydrogen-bond acceptors (Lipinski definition) is 3. The molecule has 6 heteroatoms. The summed E-state index contributed by atoms with van der Waals surface area (Å²) < 4.78 is 2.31. The number of nitrogens with one attached hydrogen (secondary N) is 1. The molecule has 0 saturated heterocycles. The Hall–Kier alpha value is -2.47. The molecule has 116 valence electrons. The van der Waals surface area contributed by atoms with Crippen LogP contribution in [0.1, 0.15) is 21.6 Å². The first kappa shape index (κ1) is 15.4. The summed E-state index contributed by atoms with van der Waals surface area (Å²) in [6.45, 7) is 2.01. The molecule has 0 radical (unpaired) electrons. The van der Waals surface area contributed by atoms with Crippen molar-refractivity contribution in [3.8, 4) is 0 Å². The zero-order valence-electron chi connectivity index (χ0n) is 12.4. The van der Waals surface area contributed by atoms with E-state index < -0.39 is 5.91 Å². The molecule has 3 aromatic rings. The summed E-state index contributed by atoms with van der Waals surface area (Å²) in [5.74, 6) is -0.418. The fraction of sp³-hybridized carbons (Fsp3) is 0.118. The molecule has 2 aromatic heterocycles. The molecular weight excluding hydrogens is 358 g/mol. The van der Waals surface area contributed by atoms with E-state index in [9.17, 15) is 9.59 Å². The van der Waals surface area contributed by atoms with E-state index in [2.05, 4.69) is 26.2 Å². The number of benzene rings is 1. The minimum absolute atomic E-state index is 0.0729. The molecule has 1 aromatic carbocycles. The average molecular weight is 372 g/mol. The number of aryl methyl sites for hydroxylation is 1. The van der Waals surface area contributed by atoms with Crippen LogP contribution in [0, 0.1) is 6.92 Å². The number of carbonyl (C=O) groups is 1. The van der Waals surface area contributed by atoms with Gasteiger partial charge in [-0.3, -0.25) is 14.0 Å². The van der Waals surface area contributed by atoms with Gasteiger partial charge in [-0.05, 0) is 36.8 Å². The number of carbonyl (C=O) groups excluding carboxylic acids is 1. The maximum Gasteiger partial charge on any atom is 0.270 e. The fourth-order valence-corrected chi connectivity index (χ4v) is 2.83. The van der Waals surface area contributed by atoms with Gasteiger partial charge >= 0.3 is 0 Å². The Balaban J connectivity index is 1.90. The first-order chi connectivity index (χ1) is 11.1. The fourth-order valence-electron chi connectivity index (χ4n) is 2.38. The number of nitrogens with zero attached hydrogens (tertiary/aromatic N) is 2. The molecule has 0 aliphatic carbocycles. The third-order valence-corrected chi connectivity index (χ3v) is 3.98. The molecule has 1 N–H and O–H groups in total. The van der Waals surface area contributed by atoms with Crippen LogP contribution in [0.3, 0.4) is 0 Å². The summed E-state index contributed by atoms with van der Waals surface area (Å²) in [6, 6.07) is 12.9. The van der Waals surface area contributed by atoms with Crippen LogP contribution in [0.15, 0.2) is 57.9 Å². The molecule has 23 heavy (non-hydrogen) atoms. The normalized spacial score (nSPS) is 10.7. The van der Waals surface area contributed by atoms with Crippen LogP contribution in [-0.2, 0) is 6.54 Å². The first-order valence-electron chi connectivity index (χ1n) is 7.07. The highest BCUT2D eigenvalue weighted by Gasteiger charge is 2.16. The third-order valence-electron chi connectivity index (χ3n) is 3.48. The predicted molar refractivity (Wildman–Crippen MR) is 91.5 cm³/mol. The molecule has 0 saturated carbocycles. The van der Waals surface area contributed by atoms with Crippen molar-refractivity contribution in [2.75, 3.05) is 0 Å². The van der Waals surface area contributed by atoms with Gasteiger partial charge in [-0.15, -0.1) is 0 Å². The van der Waals surface area contributed by atoms with Crippen LogP contribution >= 0.6 is 15.9 Å². The number of rotatable bonds is 3. The second kappa shape index (κ2) is 6.34. The first-order valence-corrected chi connectivity index (χ1v) is 7.86. The van der Waals surface area contributed by atoms with Crippen molar-refractivity contribution in [1.82, 2.24) is 14.7 Å². The SMILES string of the molecule is Cc1nc2ccccn2c(=O)c1C(=O)NCc1cccc(Br)c1. The minimum Gasteiger partial charge on any atom is -0.348 e. The highest BCUT2D eigenvalue weighted by Crippen LogP contribution is 2.11. The maximum atomic E-state index is 12.5. The molecule has 3 rings (SSSR count). The van der Waals surface area contributed by atoms with Crippen molar-refractivity contribution in [1.29, 1.82) is 0 Å². The molecule has 5 nitrogen and oxygen atoms in total. The quantitative estimate of drug-likeness (QED) is 0.769. The van der Waals surface area contributed by atoms with Gasteiger partial charge in [0.2, 0.25) is 0 Å². The van der Waals surface area contributed by atoms with Crippen LogP contribution in [0.25, 0.3) is 5.65 Å². The van der Waals surface area contributed by atoms with Gasteiger partial charge in [0.05, 0.1) is 5.69 Å². The standard InChI is InChI=1S/C17H14BrN3O2/c1-11-15(17(23)21-8-3-2-7-14(21)20-11)16(22)19-10-12-5-4-6-13(18)9-12/h2-9H,10H2,1H3,(H,19,22). The minimum atomic E-state index is -0.418. The van der Waals surface area contributed by atoms with E-state index in [0.29, 0.717) is 17.9 Å². The van der Waals surface area contributed by atoms with Gasteiger partial charge in [-0.2, -0.15) is 0 Å². The molecule has 0 aliphatic rings. The van der Waals surface area contributed by atoms with E-state index in [1.807, 2.05) is 24.3 Å². The Morgan fingerprint density at radius 1 is 1.26 bits per heavy atom. The summed E-state index contributed by atoms with van der Waals surface area (Å²) >= 11 is 3.39. The zero-order valence-corrected chi connectivity index (χ0v) is 14.0. The van der Waals surface area contributed by atoms with Gasteiger partial charge in [-0.1, -0.05) is 34.1 Å². The highest BCUT2D eigenvalue weighted by molar-refractivity contribution is 9.10. The molecule has 0 unspecified atom stereocenters. The maximum absolute atomic E-state index is 12.5. The summed E-state index contributed by atoms with van der Waals surface area (Å²) in [7, 11) is 0. The topological polar surface area (TPSA) is 63.5 Å². The number of amides is 1. The molecule has 0 spiro atoms. The second-order valence-corrected chi connectivity index (χ2v) is 6.03. The van der Waals surface area contributed by atoms with Crippen LogP contribution in [0.5, 0.6) is 0 Å². The second-order valence-electron chi connectivity index (χ2n) is 5.12. The van der Waals surface area contributed by atoms with Crippen LogP contribution in [0.2, 0.25) is 0 Å². The molecule has 0 bridgehead atoms. The third kappa shape index (κ3) is 3.17. The lowest BCUT2D eigenvalue weighted by Crippen LogP contribution is -2.32. The van der Waals surface area contributed by atoms with E-state index in [-0.39, 0.29) is 11.1 Å². The van der Waals surface area contributed by atoms with E-state index in [1.165, 1.54) is 4.40 Å². The Morgan fingerprint density at radius 2 is 2.09 bits per heavy atom. The van der Waals surface area contributed by atoms with Gasteiger partial charge in [0.1, 0.15) is 11.2 Å². The Morgan fingerprint density at radius 3 is 2.87 bits per heavy atom. The predicted octanol–water partition coefficient (Wildman–Crippen LogP) is 2.70. The Kier molecular flexibility index (Phi) is 4.25. The zero-order chi connectivity index (χ0) is 16.4. The van der Waals surface area contributed by atoms with E-state index in [0.717, 1.165) is 10.0 Å². The summed E-state index contributed by atoms with van der Waals surface area (Å²) in [5, 5.41) is 2.78. The molecule has 0 fully saturated rings. The average Bonchev–Trinajstić information content (AvgIpc) is 2.53. The van der Waals surface area contributed by atoms with Crippen LogP contribution in [0.4, 0.5) is 0 Å². The molecule has 0 atom stereocenters. The van der Waals surface area contributed by atoms with Crippen molar-refractivity contribution in [2.45, 2.75) is 13.5 Å². The van der Waals surface area contributed by atoms with Crippen molar-refractivity contribution >= 4 is 27.5 Å². The summed E-state index contributed by atoms with van der Waals surface area (Å²) in [4.78, 5) is 29.2. The van der Waals surface area contributed by atoms with E-state index >= 15 is 0 Å². The Labute approximate surface area is 141 Å². The number of fused-ring (bicyclic) bond motifs is 1. The van der Waals surface area contributed by atoms with Gasteiger partial charge in [0.15, 0.2) is 0 Å². The van der Waals surface area contributed by atoms with Gasteiger partial charge in [-0.25, -0.2) is 4.98 Å². The highest BCUT2D eigenvalue weighted by atomic mass is 79.9. The van der Waals surface area contributed by atoms with Crippen molar-refractivity contribution in [3.63, 3.8) is 0 Å². The lowest BCUT2D eigenvalue weighted by atomic mass is 10.2. The lowest BCUT2D eigenvalue weighted by Gasteiger charge is -2.09. The largest absolute Gasteiger partial charge is 0.348 e. The molecule has 0 aliphatic heterocycles. The summed E-state index contributed by atoms with van der Waals surface area (Å²) in [6.07, 6.45) is 1.61. The number of pyridine rings is 1. The van der Waals surface area contributed by atoms with E-state index in [1.54, 1.807) is 31.3 Å². The smallest absolute Gasteiger partial charge is 0.270 e. The van der Waals surface area contributed by atoms with Crippen molar-refractivity contribution in [2.24, 2.45) is 0 Å². The van der Waals surface area contributed by atoms with E-state index in [4.69, 9.17) is 0 Å². The lowest BCUT2D eigenvalue weighted by molar-refractivity contribution is 0.0948. The molecular formula is C17H14BrN3O2. The monoisotopic (exact) mass is 371 g/mol. The summed E-state index contributed by atoms with van der Waals surface area (Å²) in [5.41, 5.74) is 1.61. The molecule has 2 heterocycles. The number of aromatic nitrogens is 2. The van der Waals surface area contributed by atoms with Gasteiger partial charge in [0, 0.05) is 17.2 Å². The van der Waals surface area contributed by atoms with Crippen molar-refractivity contribution < 1.29 is 4.79 Å². The van der Waals surface area contributed by atoms with Gasteiger partial charge in [0.25, 0.3) is 11.5 Å². The number of halogens is 1. The molecule has 1 amide bonds. The van der Waals surface area contributed by atoms with Gasteiger partial charge < -0.3 is 5.32 Å². The Bertz CT molecular complexity index is 950. The van der Waals surface area contributed by atoms with Crippen molar-refractivity contribution in [3.05, 3.63) is 80.3 Å². The van der Waals surface area contributed by atoms with Crippen LogP contribution < -0.4 is 10.9 Å². The van der Waals surface area contributed by atoms with Crippen LogP contribution in [-0.4, -0.2) is 15.3 Å².